The molecule has 0 fully saturated rings. The summed E-state index contributed by atoms with van der Waals surface area (Å²) in [6, 6.07) is 8.09. The summed E-state index contributed by atoms with van der Waals surface area (Å²) in [5, 5.41) is 4.29. The highest BCUT2D eigenvalue weighted by Crippen LogP contribution is 2.19. The summed E-state index contributed by atoms with van der Waals surface area (Å²) < 4.78 is 1.87. The van der Waals surface area contributed by atoms with Crippen molar-refractivity contribution in [3.05, 3.63) is 47.8 Å². The van der Waals surface area contributed by atoms with Crippen molar-refractivity contribution < 1.29 is 0 Å². The fraction of sp³-hybridized carbons (Fsp3) is 0.250. The average Bonchev–Trinajstić information content (AvgIpc) is 2.65. The first kappa shape index (κ1) is 9.93. The molecule has 2 aromatic rings. The Balaban J connectivity index is 2.52. The van der Waals surface area contributed by atoms with Crippen LogP contribution in [0.25, 0.3) is 5.69 Å². The number of benzene rings is 1. The van der Waals surface area contributed by atoms with E-state index in [4.69, 9.17) is 5.73 Å². The van der Waals surface area contributed by atoms with E-state index in [2.05, 4.69) is 5.10 Å². The van der Waals surface area contributed by atoms with Crippen LogP contribution in [0.5, 0.6) is 0 Å². The van der Waals surface area contributed by atoms with Crippen LogP contribution in [0.4, 0.5) is 0 Å². The van der Waals surface area contributed by atoms with Gasteiger partial charge in [-0.2, -0.15) is 5.10 Å². The normalized spacial score (nSPS) is 12.7. The van der Waals surface area contributed by atoms with Gasteiger partial charge in [-0.25, -0.2) is 4.68 Å². The van der Waals surface area contributed by atoms with Gasteiger partial charge in [0.1, 0.15) is 0 Å². The van der Waals surface area contributed by atoms with Crippen molar-refractivity contribution in [3.8, 4) is 5.69 Å². The molecule has 15 heavy (non-hydrogen) atoms. The second kappa shape index (κ2) is 3.87. The number of hydrogen-bond donors (Lipinski definition) is 1. The summed E-state index contributed by atoms with van der Waals surface area (Å²) in [6.45, 7) is 4.01. The molecule has 1 heterocycles. The Morgan fingerprint density at radius 1 is 1.33 bits per heavy atom. The Morgan fingerprint density at radius 2 is 2.07 bits per heavy atom. The first-order chi connectivity index (χ1) is 7.18. The molecule has 2 N–H and O–H groups in total. The van der Waals surface area contributed by atoms with Gasteiger partial charge in [0, 0.05) is 12.2 Å². The fourth-order valence-electron chi connectivity index (χ4n) is 1.63. The Morgan fingerprint density at radius 3 is 2.67 bits per heavy atom. The summed E-state index contributed by atoms with van der Waals surface area (Å²) >= 11 is 0. The maximum atomic E-state index is 5.92. The summed E-state index contributed by atoms with van der Waals surface area (Å²) in [4.78, 5) is 0. The second-order valence-corrected chi connectivity index (χ2v) is 3.81. The molecule has 1 atom stereocenters. The van der Waals surface area contributed by atoms with Crippen LogP contribution >= 0.6 is 0 Å². The molecule has 0 amide bonds. The summed E-state index contributed by atoms with van der Waals surface area (Å²) in [6.07, 6.45) is 3.85. The van der Waals surface area contributed by atoms with Crippen LogP contribution in [0.3, 0.4) is 0 Å². The molecular weight excluding hydrogens is 186 g/mol. The molecule has 0 saturated heterocycles. The predicted molar refractivity (Wildman–Crippen MR) is 60.9 cm³/mol. The molecule has 0 radical (unpaired) electrons. The van der Waals surface area contributed by atoms with Crippen molar-refractivity contribution in [1.29, 1.82) is 0 Å². The Labute approximate surface area is 89.5 Å². The zero-order chi connectivity index (χ0) is 10.8. The van der Waals surface area contributed by atoms with E-state index in [0.29, 0.717) is 0 Å². The van der Waals surface area contributed by atoms with Crippen LogP contribution in [0.15, 0.2) is 36.7 Å². The summed E-state index contributed by atoms with van der Waals surface area (Å²) in [5.74, 6) is 0. The monoisotopic (exact) mass is 201 g/mol. The highest BCUT2D eigenvalue weighted by atomic mass is 15.3. The lowest BCUT2D eigenvalue weighted by molar-refractivity contribution is 0.781. The van der Waals surface area contributed by atoms with Crippen molar-refractivity contribution in [2.24, 2.45) is 5.73 Å². The van der Waals surface area contributed by atoms with Crippen LogP contribution in [0.2, 0.25) is 0 Å². The van der Waals surface area contributed by atoms with E-state index in [9.17, 15) is 0 Å². The molecule has 0 bridgehead atoms. The molecule has 1 aromatic carbocycles. The lowest BCUT2D eigenvalue weighted by Gasteiger charge is -2.11. The zero-order valence-corrected chi connectivity index (χ0v) is 9.01. The van der Waals surface area contributed by atoms with Gasteiger partial charge in [0.15, 0.2) is 0 Å². The van der Waals surface area contributed by atoms with Crippen molar-refractivity contribution in [2.75, 3.05) is 0 Å². The van der Waals surface area contributed by atoms with E-state index in [-0.39, 0.29) is 6.04 Å². The molecule has 0 spiro atoms. The van der Waals surface area contributed by atoms with Crippen LogP contribution in [-0.2, 0) is 0 Å². The Bertz CT molecular complexity index is 457. The Kier molecular flexibility index (Phi) is 2.56. The fourth-order valence-corrected chi connectivity index (χ4v) is 1.63. The molecule has 0 unspecified atom stereocenters. The zero-order valence-electron chi connectivity index (χ0n) is 9.01. The number of aryl methyl sites for hydroxylation is 1. The quantitative estimate of drug-likeness (QED) is 0.809. The van der Waals surface area contributed by atoms with Crippen LogP contribution in [0, 0.1) is 6.92 Å². The molecule has 3 heteroatoms. The van der Waals surface area contributed by atoms with E-state index < -0.39 is 0 Å². The molecule has 0 aliphatic heterocycles. The predicted octanol–water partition coefficient (Wildman–Crippen LogP) is 2.20. The van der Waals surface area contributed by atoms with E-state index in [1.165, 1.54) is 0 Å². The van der Waals surface area contributed by atoms with E-state index >= 15 is 0 Å². The number of aromatic nitrogens is 2. The topological polar surface area (TPSA) is 43.8 Å². The third-order valence-electron chi connectivity index (χ3n) is 2.39. The number of rotatable bonds is 2. The first-order valence-corrected chi connectivity index (χ1v) is 5.04. The molecule has 3 nitrogen and oxygen atoms in total. The van der Waals surface area contributed by atoms with E-state index in [0.717, 1.165) is 16.8 Å². The van der Waals surface area contributed by atoms with Crippen LogP contribution in [0.1, 0.15) is 24.1 Å². The van der Waals surface area contributed by atoms with Gasteiger partial charge in [-0.3, -0.25) is 0 Å². The molecule has 1 aromatic heterocycles. The average molecular weight is 201 g/mol. The Hall–Kier alpha value is -1.61. The number of hydrogen-bond acceptors (Lipinski definition) is 2. The minimum absolute atomic E-state index is 0.0192. The van der Waals surface area contributed by atoms with Crippen molar-refractivity contribution >= 4 is 0 Å². The summed E-state index contributed by atoms with van der Waals surface area (Å²) in [7, 11) is 0. The number of para-hydroxylation sites is 1. The lowest BCUT2D eigenvalue weighted by atomic mass is 10.1. The van der Waals surface area contributed by atoms with Crippen LogP contribution < -0.4 is 5.73 Å². The van der Waals surface area contributed by atoms with E-state index in [1.54, 1.807) is 0 Å². The van der Waals surface area contributed by atoms with Gasteiger partial charge in [-0.1, -0.05) is 18.2 Å². The lowest BCUT2D eigenvalue weighted by Crippen LogP contribution is -2.09. The third kappa shape index (κ3) is 1.92. The molecular formula is C12H15N3. The number of nitrogens with two attached hydrogens (primary N) is 1. The van der Waals surface area contributed by atoms with E-state index in [1.807, 2.05) is 55.2 Å². The maximum absolute atomic E-state index is 5.92. The highest BCUT2D eigenvalue weighted by Gasteiger charge is 2.07. The maximum Gasteiger partial charge on any atom is 0.0693 e. The van der Waals surface area contributed by atoms with Gasteiger partial charge in [-0.15, -0.1) is 0 Å². The molecule has 2 rings (SSSR count). The van der Waals surface area contributed by atoms with Crippen LogP contribution in [-0.4, -0.2) is 9.78 Å². The minimum atomic E-state index is 0.0192. The van der Waals surface area contributed by atoms with Gasteiger partial charge < -0.3 is 5.73 Å². The smallest absolute Gasteiger partial charge is 0.0693 e. The van der Waals surface area contributed by atoms with Gasteiger partial charge in [-0.05, 0) is 31.0 Å². The highest BCUT2D eigenvalue weighted by molar-refractivity contribution is 5.42. The SMILES string of the molecule is Cc1cnn(-c2ccccc2[C@H](C)N)c1. The largest absolute Gasteiger partial charge is 0.324 e. The molecule has 0 saturated carbocycles. The summed E-state index contributed by atoms with van der Waals surface area (Å²) in [5.41, 5.74) is 9.23. The van der Waals surface area contributed by atoms with Crippen molar-refractivity contribution in [1.82, 2.24) is 9.78 Å². The third-order valence-corrected chi connectivity index (χ3v) is 2.39. The molecule has 0 aliphatic carbocycles. The van der Waals surface area contributed by atoms with Crippen molar-refractivity contribution in [3.63, 3.8) is 0 Å². The van der Waals surface area contributed by atoms with Gasteiger partial charge >= 0.3 is 0 Å². The first-order valence-electron chi connectivity index (χ1n) is 5.04. The number of nitrogens with zero attached hydrogens (tertiary/aromatic N) is 2. The minimum Gasteiger partial charge on any atom is -0.324 e. The van der Waals surface area contributed by atoms with Crippen molar-refractivity contribution in [2.45, 2.75) is 19.9 Å². The van der Waals surface area contributed by atoms with Gasteiger partial charge in [0.2, 0.25) is 0 Å². The molecule has 0 aliphatic rings. The van der Waals surface area contributed by atoms with Gasteiger partial charge in [0.25, 0.3) is 0 Å². The molecule has 78 valence electrons. The second-order valence-electron chi connectivity index (χ2n) is 3.81. The standard InChI is InChI=1S/C12H15N3/c1-9-7-14-15(8-9)12-6-4-3-5-11(12)10(2)13/h3-8,10H,13H2,1-2H3/t10-/m0/s1. The van der Waals surface area contributed by atoms with Gasteiger partial charge in [0.05, 0.1) is 11.9 Å².